The molecule has 0 aromatic rings. The second-order valence-corrected chi connectivity index (χ2v) is 4.08. The number of piperidine rings is 1. The molecule has 17 heavy (non-hydrogen) atoms. The molecule has 0 aromatic carbocycles. The van der Waals surface area contributed by atoms with E-state index in [1.54, 1.807) is 13.0 Å². The first kappa shape index (κ1) is 16.4. The predicted molar refractivity (Wildman–Crippen MR) is 76.0 cm³/mol. The Bertz CT molecular complexity index is 323. The third-order valence-electron chi connectivity index (χ3n) is 2.68. The zero-order valence-corrected chi connectivity index (χ0v) is 12.6. The van der Waals surface area contributed by atoms with Gasteiger partial charge in [-0.1, -0.05) is 6.08 Å². The maximum absolute atomic E-state index is 11.4. The van der Waals surface area contributed by atoms with Crippen molar-refractivity contribution >= 4 is 29.9 Å². The lowest BCUT2D eigenvalue weighted by molar-refractivity contribution is -0.138. The van der Waals surface area contributed by atoms with Crippen molar-refractivity contribution in [2.45, 2.75) is 19.8 Å². The summed E-state index contributed by atoms with van der Waals surface area (Å²) in [5, 5.41) is 8.89. The number of nitrogens with zero attached hydrogens (tertiary/aromatic N) is 2. The molecular weight excluding hydrogens is 331 g/mol. The summed E-state index contributed by atoms with van der Waals surface area (Å²) in [4.78, 5) is 13.6. The smallest absolute Gasteiger partial charge is 0.348 e. The zero-order valence-electron chi connectivity index (χ0n) is 10.3. The summed E-state index contributed by atoms with van der Waals surface area (Å²) in [6.45, 7) is 4.04. The van der Waals surface area contributed by atoms with Crippen LogP contribution in [0, 0.1) is 17.2 Å². The van der Waals surface area contributed by atoms with Crippen LogP contribution in [-0.2, 0) is 9.53 Å². The predicted octanol–water partition coefficient (Wildman–Crippen LogP) is 1.96. The molecule has 0 radical (unpaired) electrons. The normalized spacial score (nSPS) is 21.2. The van der Waals surface area contributed by atoms with Crippen molar-refractivity contribution in [3.05, 3.63) is 11.6 Å². The number of carbonyl (C=O) groups is 1. The van der Waals surface area contributed by atoms with Gasteiger partial charge in [-0.2, -0.15) is 5.26 Å². The van der Waals surface area contributed by atoms with Crippen molar-refractivity contribution in [3.8, 4) is 6.07 Å². The van der Waals surface area contributed by atoms with Crippen LogP contribution in [0.2, 0.25) is 0 Å². The summed E-state index contributed by atoms with van der Waals surface area (Å²) in [6, 6.07) is 1.92. The monoisotopic (exact) mass is 350 g/mol. The number of nitriles is 1. The lowest BCUT2D eigenvalue weighted by Gasteiger charge is -2.27. The number of rotatable bonds is 3. The molecule has 0 aliphatic carbocycles. The molecule has 1 rings (SSSR count). The Labute approximate surface area is 120 Å². The summed E-state index contributed by atoms with van der Waals surface area (Å²) in [5.74, 6) is -0.212. The lowest BCUT2D eigenvalue weighted by Crippen LogP contribution is -2.31. The summed E-state index contributed by atoms with van der Waals surface area (Å²) >= 11 is 0. The molecule has 1 fully saturated rings. The number of hydrogen-bond donors (Lipinski definition) is 0. The summed E-state index contributed by atoms with van der Waals surface area (Å²) < 4.78 is 4.82. The van der Waals surface area contributed by atoms with Gasteiger partial charge in [0.2, 0.25) is 0 Å². The summed E-state index contributed by atoms with van der Waals surface area (Å²) in [5.41, 5.74) is 0.141. The van der Waals surface area contributed by atoms with E-state index in [0.717, 1.165) is 25.9 Å². The second-order valence-electron chi connectivity index (χ2n) is 4.08. The molecule has 1 heterocycles. The molecule has 96 valence electrons. The van der Waals surface area contributed by atoms with Crippen molar-refractivity contribution in [3.63, 3.8) is 0 Å². The molecule has 0 spiro atoms. The molecule has 1 unspecified atom stereocenters. The Morgan fingerprint density at radius 3 is 2.88 bits per heavy atom. The summed E-state index contributed by atoms with van der Waals surface area (Å²) in [6.07, 6.45) is 3.90. The van der Waals surface area contributed by atoms with Crippen molar-refractivity contribution in [1.29, 1.82) is 5.26 Å². The van der Waals surface area contributed by atoms with E-state index in [9.17, 15) is 4.79 Å². The van der Waals surface area contributed by atoms with Crippen LogP contribution in [0.4, 0.5) is 0 Å². The van der Waals surface area contributed by atoms with E-state index in [0.29, 0.717) is 6.61 Å². The molecule has 4 nitrogen and oxygen atoms in total. The van der Waals surface area contributed by atoms with Crippen LogP contribution in [0.15, 0.2) is 11.6 Å². The van der Waals surface area contributed by atoms with Crippen LogP contribution in [0.5, 0.6) is 0 Å². The van der Waals surface area contributed by atoms with Gasteiger partial charge in [0, 0.05) is 6.54 Å². The highest BCUT2D eigenvalue weighted by Gasteiger charge is 2.18. The number of carbonyl (C=O) groups excluding carboxylic acids is 1. The molecule has 0 N–H and O–H groups in total. The molecule has 0 saturated carbocycles. The van der Waals surface area contributed by atoms with Gasteiger partial charge in [0.05, 0.1) is 6.61 Å². The molecule has 1 aliphatic rings. The van der Waals surface area contributed by atoms with Gasteiger partial charge in [0.15, 0.2) is 0 Å². The molecule has 1 atom stereocenters. The van der Waals surface area contributed by atoms with Gasteiger partial charge in [0.1, 0.15) is 11.6 Å². The van der Waals surface area contributed by atoms with Crippen molar-refractivity contribution in [2.75, 3.05) is 26.7 Å². The first-order valence-electron chi connectivity index (χ1n) is 5.65. The van der Waals surface area contributed by atoms with Crippen molar-refractivity contribution in [2.24, 2.45) is 5.92 Å². The zero-order chi connectivity index (χ0) is 12.0. The van der Waals surface area contributed by atoms with E-state index in [2.05, 4.69) is 11.9 Å². The molecule has 1 aliphatic heterocycles. The first-order valence-corrected chi connectivity index (χ1v) is 5.65. The fraction of sp³-hybridized carbons (Fsp3) is 0.667. The van der Waals surface area contributed by atoms with Gasteiger partial charge in [-0.05, 0) is 39.3 Å². The topological polar surface area (TPSA) is 53.3 Å². The summed E-state index contributed by atoms with van der Waals surface area (Å²) in [7, 11) is 2.05. The van der Waals surface area contributed by atoms with E-state index in [4.69, 9.17) is 10.00 Å². The minimum absolute atomic E-state index is 0. The molecule has 0 bridgehead atoms. The minimum Gasteiger partial charge on any atom is -0.462 e. The van der Waals surface area contributed by atoms with Crippen LogP contribution >= 0.6 is 24.0 Å². The van der Waals surface area contributed by atoms with Gasteiger partial charge < -0.3 is 9.64 Å². The van der Waals surface area contributed by atoms with Gasteiger partial charge in [-0.3, -0.25) is 0 Å². The number of likely N-dealkylation sites (tertiary alicyclic amines) is 1. The molecular formula is C12H19IN2O2. The van der Waals surface area contributed by atoms with Crippen molar-refractivity contribution < 1.29 is 9.53 Å². The highest BCUT2D eigenvalue weighted by atomic mass is 127. The van der Waals surface area contributed by atoms with Gasteiger partial charge in [0.25, 0.3) is 0 Å². The van der Waals surface area contributed by atoms with Crippen LogP contribution in [0.3, 0.4) is 0 Å². The number of ether oxygens (including phenoxy) is 1. The van der Waals surface area contributed by atoms with E-state index < -0.39 is 5.97 Å². The average molecular weight is 350 g/mol. The molecule has 0 aromatic heterocycles. The lowest BCUT2D eigenvalue weighted by atomic mass is 9.96. The molecule has 1 saturated heterocycles. The Balaban J connectivity index is 0.00000256. The maximum Gasteiger partial charge on any atom is 0.348 e. The minimum atomic E-state index is -0.502. The SMILES string of the molecule is CCOC(=O)/C(C#N)=C\C1CCCN(C)C1.I. The molecule has 0 amide bonds. The van der Waals surface area contributed by atoms with E-state index in [1.807, 2.05) is 6.07 Å². The van der Waals surface area contributed by atoms with Gasteiger partial charge in [-0.15, -0.1) is 24.0 Å². The van der Waals surface area contributed by atoms with Crippen molar-refractivity contribution in [1.82, 2.24) is 4.90 Å². The van der Waals surface area contributed by atoms with Crippen LogP contribution in [-0.4, -0.2) is 37.6 Å². The third kappa shape index (κ3) is 5.50. The number of esters is 1. The van der Waals surface area contributed by atoms with Gasteiger partial charge in [-0.25, -0.2) is 4.79 Å². The second kappa shape index (κ2) is 8.48. The van der Waals surface area contributed by atoms with E-state index >= 15 is 0 Å². The largest absolute Gasteiger partial charge is 0.462 e. The Hall–Kier alpha value is -0.610. The van der Waals surface area contributed by atoms with Gasteiger partial charge >= 0.3 is 5.97 Å². The van der Waals surface area contributed by atoms with Crippen LogP contribution < -0.4 is 0 Å². The van der Waals surface area contributed by atoms with Crippen LogP contribution in [0.25, 0.3) is 0 Å². The number of hydrogen-bond acceptors (Lipinski definition) is 4. The fourth-order valence-corrected chi connectivity index (χ4v) is 1.94. The highest BCUT2D eigenvalue weighted by molar-refractivity contribution is 14.0. The Morgan fingerprint density at radius 2 is 2.35 bits per heavy atom. The number of halogens is 1. The third-order valence-corrected chi connectivity index (χ3v) is 2.68. The highest BCUT2D eigenvalue weighted by Crippen LogP contribution is 2.18. The maximum atomic E-state index is 11.4. The Morgan fingerprint density at radius 1 is 1.65 bits per heavy atom. The van der Waals surface area contributed by atoms with E-state index in [-0.39, 0.29) is 35.5 Å². The fourth-order valence-electron chi connectivity index (χ4n) is 1.94. The standard InChI is InChI=1S/C12H18N2O2.HI/c1-3-16-12(15)11(8-13)7-10-5-4-6-14(2)9-10;/h7,10H,3-6,9H2,1-2H3;1H/b11-7-;. The Kier molecular flexibility index (Phi) is 8.17. The first-order chi connectivity index (χ1) is 7.67. The molecule has 5 heteroatoms. The van der Waals surface area contributed by atoms with E-state index in [1.165, 1.54) is 0 Å². The quantitative estimate of drug-likeness (QED) is 0.338. The average Bonchev–Trinajstić information content (AvgIpc) is 2.26. The van der Waals surface area contributed by atoms with Crippen LogP contribution in [0.1, 0.15) is 19.8 Å².